The molecule has 4 aromatic rings. The van der Waals surface area contributed by atoms with Crippen LogP contribution in [0.5, 0.6) is 5.75 Å². The molecule has 0 fully saturated rings. The summed E-state index contributed by atoms with van der Waals surface area (Å²) in [4.78, 5) is 17.0. The van der Waals surface area contributed by atoms with E-state index < -0.39 is 12.3 Å². The van der Waals surface area contributed by atoms with Crippen molar-refractivity contribution in [2.24, 2.45) is 5.10 Å². The first-order chi connectivity index (χ1) is 17.8. The number of carbonyl (C=O) groups is 1. The molecule has 0 bridgehead atoms. The van der Waals surface area contributed by atoms with Crippen molar-refractivity contribution in [3.8, 4) is 11.8 Å². The van der Waals surface area contributed by atoms with Crippen LogP contribution in [0.2, 0.25) is 5.02 Å². The Bertz CT molecular complexity index is 1550. The van der Waals surface area contributed by atoms with Crippen LogP contribution in [0.3, 0.4) is 0 Å². The molecule has 4 rings (SSSR count). The molecule has 2 heterocycles. The summed E-state index contributed by atoms with van der Waals surface area (Å²) >= 11 is 8.81. The Labute approximate surface area is 224 Å². The molecule has 0 unspecified atom stereocenters. The third kappa shape index (κ3) is 5.91. The summed E-state index contributed by atoms with van der Waals surface area (Å²) < 4.78 is 32.8. The molecule has 6 nitrogen and oxygen atoms in total. The number of alkyl halides is 2. The Morgan fingerprint density at radius 2 is 2.11 bits per heavy atom. The minimum atomic E-state index is -2.74. The average molecular weight is 557 g/mol. The molecule has 0 aliphatic heterocycles. The number of rotatable bonds is 8. The van der Waals surface area contributed by atoms with E-state index in [1.165, 1.54) is 30.7 Å². The number of nitrogens with one attached hydrogen (secondary N) is 1. The number of hydrazone groups is 1. The predicted octanol–water partition coefficient (Wildman–Crippen LogP) is 7.13. The minimum Gasteiger partial charge on any atom is -0.496 e. The smallest absolute Gasteiger partial charge is 0.283 e. The number of pyridine rings is 1. The highest BCUT2D eigenvalue weighted by Gasteiger charge is 2.18. The summed E-state index contributed by atoms with van der Waals surface area (Å²) in [5.74, 6) is 0.463. The van der Waals surface area contributed by atoms with Crippen molar-refractivity contribution in [3.05, 3.63) is 86.4 Å². The number of hydrogen-bond acceptors (Lipinski definition) is 7. The predicted molar refractivity (Wildman–Crippen MR) is 143 cm³/mol. The maximum atomic E-state index is 13.2. The number of halogens is 3. The Hall–Kier alpha value is -3.52. The Morgan fingerprint density at radius 1 is 1.32 bits per heavy atom. The van der Waals surface area contributed by atoms with Crippen LogP contribution in [-0.2, 0) is 5.75 Å². The number of benzene rings is 2. The van der Waals surface area contributed by atoms with E-state index in [0.29, 0.717) is 32.5 Å². The van der Waals surface area contributed by atoms with E-state index in [0.717, 1.165) is 27.4 Å². The summed E-state index contributed by atoms with van der Waals surface area (Å²) in [6.07, 6.45) is -1.26. The van der Waals surface area contributed by atoms with Crippen LogP contribution in [0, 0.1) is 18.3 Å². The Kier molecular flexibility index (Phi) is 8.38. The highest BCUT2D eigenvalue weighted by atomic mass is 35.5. The van der Waals surface area contributed by atoms with Crippen molar-refractivity contribution < 1.29 is 18.3 Å². The van der Waals surface area contributed by atoms with E-state index in [4.69, 9.17) is 16.3 Å². The van der Waals surface area contributed by atoms with Gasteiger partial charge in [0.1, 0.15) is 27.4 Å². The summed E-state index contributed by atoms with van der Waals surface area (Å²) in [6, 6.07) is 16.0. The van der Waals surface area contributed by atoms with Crippen LogP contribution in [-0.4, -0.2) is 24.2 Å². The summed E-state index contributed by atoms with van der Waals surface area (Å²) in [6.45, 7) is 1.61. The van der Waals surface area contributed by atoms with E-state index in [1.807, 2.05) is 30.3 Å². The summed E-state index contributed by atoms with van der Waals surface area (Å²) in [7, 11) is 1.52. The first kappa shape index (κ1) is 26.5. The molecule has 188 valence electrons. The maximum absolute atomic E-state index is 13.2. The van der Waals surface area contributed by atoms with Gasteiger partial charge in [0.15, 0.2) is 0 Å². The third-order valence-corrected chi connectivity index (χ3v) is 8.03. The van der Waals surface area contributed by atoms with Crippen molar-refractivity contribution in [1.29, 1.82) is 5.26 Å². The number of nitrogens with zero attached hydrogens (tertiary/aromatic N) is 3. The van der Waals surface area contributed by atoms with Crippen molar-refractivity contribution in [1.82, 2.24) is 10.4 Å². The van der Waals surface area contributed by atoms with Crippen molar-refractivity contribution in [2.75, 3.05) is 7.11 Å². The number of ether oxygens (including phenoxy) is 1. The molecule has 0 saturated heterocycles. The lowest BCUT2D eigenvalue weighted by Crippen LogP contribution is -2.16. The lowest BCUT2D eigenvalue weighted by atomic mass is 10.1. The molecule has 2 aromatic heterocycles. The maximum Gasteiger partial charge on any atom is 0.283 e. The number of carbonyl (C=O) groups excluding carboxylic acids is 1. The first-order valence-electron chi connectivity index (χ1n) is 10.8. The SMILES string of the molecule is COc1ccc(C=NNC(=O)c2sc3ccccc3c2Cl)cc1CSc1nc(C(F)F)cc(C)c1C#N. The molecule has 0 atom stereocenters. The third-order valence-electron chi connectivity index (χ3n) is 5.33. The molecule has 1 amide bonds. The van der Waals surface area contributed by atoms with E-state index in [1.54, 1.807) is 25.1 Å². The Balaban J connectivity index is 1.50. The summed E-state index contributed by atoms with van der Waals surface area (Å²) in [5.41, 5.74) is 4.23. The van der Waals surface area contributed by atoms with Gasteiger partial charge in [-0.25, -0.2) is 19.2 Å². The van der Waals surface area contributed by atoms with Gasteiger partial charge in [0.05, 0.1) is 23.9 Å². The van der Waals surface area contributed by atoms with Gasteiger partial charge in [0.2, 0.25) is 0 Å². The zero-order valence-corrected chi connectivity index (χ0v) is 22.0. The van der Waals surface area contributed by atoms with Crippen LogP contribution in [0.1, 0.15) is 44.0 Å². The molecule has 0 spiro atoms. The van der Waals surface area contributed by atoms with Gasteiger partial charge in [-0.15, -0.1) is 23.1 Å². The number of aryl methyl sites for hydroxylation is 1. The van der Waals surface area contributed by atoms with Crippen LogP contribution in [0.15, 0.2) is 58.7 Å². The van der Waals surface area contributed by atoms with Crippen LogP contribution >= 0.6 is 34.7 Å². The van der Waals surface area contributed by atoms with Gasteiger partial charge in [-0.2, -0.15) is 10.4 Å². The fraction of sp³-hybridized carbons (Fsp3) is 0.154. The Morgan fingerprint density at radius 3 is 2.81 bits per heavy atom. The zero-order chi connectivity index (χ0) is 26.5. The lowest BCUT2D eigenvalue weighted by molar-refractivity contribution is 0.0959. The average Bonchev–Trinajstić information content (AvgIpc) is 3.23. The van der Waals surface area contributed by atoms with Gasteiger partial charge in [-0.1, -0.05) is 29.8 Å². The summed E-state index contributed by atoms with van der Waals surface area (Å²) in [5, 5.41) is 14.9. The highest BCUT2D eigenvalue weighted by molar-refractivity contribution is 7.98. The van der Waals surface area contributed by atoms with Crippen LogP contribution < -0.4 is 10.2 Å². The monoisotopic (exact) mass is 556 g/mol. The van der Waals surface area contributed by atoms with Gasteiger partial charge in [0, 0.05) is 21.4 Å². The number of aromatic nitrogens is 1. The zero-order valence-electron chi connectivity index (χ0n) is 19.6. The molecule has 0 aliphatic rings. The second-order valence-corrected chi connectivity index (χ2v) is 10.2. The minimum absolute atomic E-state index is 0.228. The molecule has 0 aliphatic carbocycles. The number of thioether (sulfide) groups is 1. The molecule has 0 saturated carbocycles. The van der Waals surface area contributed by atoms with Gasteiger partial charge < -0.3 is 4.74 Å². The first-order valence-corrected chi connectivity index (χ1v) is 13.0. The van der Waals surface area contributed by atoms with E-state index in [-0.39, 0.29) is 16.3 Å². The second-order valence-electron chi connectivity index (χ2n) is 7.76. The normalized spacial score (nSPS) is 11.3. The quantitative estimate of drug-likeness (QED) is 0.142. The van der Waals surface area contributed by atoms with Crippen molar-refractivity contribution in [2.45, 2.75) is 24.1 Å². The van der Waals surface area contributed by atoms with Crippen molar-refractivity contribution >= 4 is 56.9 Å². The van der Waals surface area contributed by atoms with Gasteiger partial charge >= 0.3 is 0 Å². The number of nitriles is 1. The molecule has 2 aromatic carbocycles. The molecule has 37 heavy (non-hydrogen) atoms. The van der Waals surface area contributed by atoms with E-state index in [9.17, 15) is 18.8 Å². The van der Waals surface area contributed by atoms with Crippen molar-refractivity contribution in [3.63, 3.8) is 0 Å². The molecular weight excluding hydrogens is 538 g/mol. The van der Waals surface area contributed by atoms with Gasteiger partial charge in [-0.3, -0.25) is 4.79 Å². The topological polar surface area (TPSA) is 87.4 Å². The number of amides is 1. The van der Waals surface area contributed by atoms with E-state index >= 15 is 0 Å². The molecule has 0 radical (unpaired) electrons. The van der Waals surface area contributed by atoms with E-state index in [2.05, 4.69) is 15.5 Å². The van der Waals surface area contributed by atoms with Crippen LogP contribution in [0.4, 0.5) is 8.78 Å². The molecule has 1 N–H and O–H groups in total. The number of thiophene rings is 1. The number of hydrogen-bond donors (Lipinski definition) is 1. The largest absolute Gasteiger partial charge is 0.496 e. The second kappa shape index (κ2) is 11.7. The standard InChI is InChI=1S/C26H19ClF2N4O2S2/c1-14-9-19(24(28)29)32-26(18(14)11-30)36-13-16-10-15(7-8-20(16)35-2)12-31-33-25(34)23-22(27)17-5-3-4-6-21(17)37-23/h3-10,12,24H,13H2,1-2H3,(H,33,34). The van der Waals surface area contributed by atoms with Gasteiger partial charge in [-0.05, 0) is 48.4 Å². The number of fused-ring (bicyclic) bond motifs is 1. The fourth-order valence-corrected chi connectivity index (χ4v) is 5.98. The molecular formula is C26H19ClF2N4O2S2. The number of methoxy groups -OCH3 is 1. The van der Waals surface area contributed by atoms with Gasteiger partial charge in [0.25, 0.3) is 12.3 Å². The fourth-order valence-electron chi connectivity index (χ4n) is 3.53. The molecule has 11 heteroatoms. The van der Waals surface area contributed by atoms with Crippen LogP contribution in [0.25, 0.3) is 10.1 Å². The highest BCUT2D eigenvalue weighted by Crippen LogP contribution is 2.35. The lowest BCUT2D eigenvalue weighted by Gasteiger charge is -2.11.